The van der Waals surface area contributed by atoms with Gasteiger partial charge in [0.05, 0.1) is 5.70 Å². The molecule has 0 radical (unpaired) electrons. The molecule has 0 unspecified atom stereocenters. The molecule has 90 valence electrons. The zero-order valence-corrected chi connectivity index (χ0v) is 9.89. The fourth-order valence-corrected chi connectivity index (χ4v) is 1.51. The summed E-state index contributed by atoms with van der Waals surface area (Å²) in [7, 11) is 0. The van der Waals surface area contributed by atoms with Gasteiger partial charge in [-0.15, -0.1) is 0 Å². The quantitative estimate of drug-likeness (QED) is 0.804. The number of carbonyl (C=O) groups excluding carboxylic acids is 1. The lowest BCUT2D eigenvalue weighted by Crippen LogP contribution is -2.35. The molecule has 0 atom stereocenters. The molecule has 2 rings (SSSR count). The van der Waals surface area contributed by atoms with E-state index in [0.717, 1.165) is 5.56 Å². The topological polar surface area (TPSA) is 41.1 Å². The lowest BCUT2D eigenvalue weighted by Gasteiger charge is -2.11. The summed E-state index contributed by atoms with van der Waals surface area (Å²) in [6, 6.07) is 18.6. The fourth-order valence-electron chi connectivity index (χ4n) is 1.51. The van der Waals surface area contributed by atoms with E-state index in [2.05, 4.69) is 17.4 Å². The van der Waals surface area contributed by atoms with E-state index in [1.54, 1.807) is 12.1 Å². The molecular weight excluding hydrogens is 224 g/mol. The Bertz CT molecular complexity index is 483. The van der Waals surface area contributed by atoms with Crippen LogP contribution in [-0.2, 0) is 0 Å². The van der Waals surface area contributed by atoms with Crippen LogP contribution in [0.25, 0.3) is 5.70 Å². The molecular formula is C15H14N2O. The molecule has 0 saturated heterocycles. The molecule has 0 aliphatic heterocycles. The van der Waals surface area contributed by atoms with Gasteiger partial charge in [-0.25, -0.2) is 0 Å². The minimum absolute atomic E-state index is 0.187. The Balaban J connectivity index is 1.93. The van der Waals surface area contributed by atoms with Crippen LogP contribution in [-0.4, -0.2) is 5.91 Å². The van der Waals surface area contributed by atoms with Crippen molar-refractivity contribution < 1.29 is 4.79 Å². The average Bonchev–Trinajstić information content (AvgIpc) is 2.46. The van der Waals surface area contributed by atoms with Crippen LogP contribution in [0.15, 0.2) is 67.2 Å². The molecule has 0 bridgehead atoms. The Hall–Kier alpha value is -2.55. The summed E-state index contributed by atoms with van der Waals surface area (Å²) in [5, 5.41) is 0. The third-order valence-corrected chi connectivity index (χ3v) is 2.49. The molecule has 0 saturated carbocycles. The molecule has 3 heteroatoms. The summed E-state index contributed by atoms with van der Waals surface area (Å²) in [4.78, 5) is 11.8. The van der Waals surface area contributed by atoms with E-state index in [9.17, 15) is 4.79 Å². The first kappa shape index (κ1) is 11.9. The van der Waals surface area contributed by atoms with Crippen molar-refractivity contribution in [3.63, 3.8) is 0 Å². The normalized spacial score (nSPS) is 9.56. The Kier molecular flexibility index (Phi) is 3.76. The molecule has 0 aromatic heterocycles. The van der Waals surface area contributed by atoms with Crippen LogP contribution in [0.4, 0.5) is 0 Å². The number of hydrazine groups is 1. The van der Waals surface area contributed by atoms with Gasteiger partial charge in [-0.05, 0) is 17.7 Å². The maximum Gasteiger partial charge on any atom is 0.269 e. The van der Waals surface area contributed by atoms with Crippen LogP contribution in [0.3, 0.4) is 0 Å². The second-order valence-electron chi connectivity index (χ2n) is 3.79. The highest BCUT2D eigenvalue weighted by molar-refractivity contribution is 5.94. The monoisotopic (exact) mass is 238 g/mol. The summed E-state index contributed by atoms with van der Waals surface area (Å²) < 4.78 is 0. The Labute approximate surface area is 106 Å². The van der Waals surface area contributed by atoms with E-state index in [-0.39, 0.29) is 5.91 Å². The molecule has 3 nitrogen and oxygen atoms in total. The smallest absolute Gasteiger partial charge is 0.269 e. The third kappa shape index (κ3) is 2.98. The number of amides is 1. The van der Waals surface area contributed by atoms with Crippen molar-refractivity contribution in [2.45, 2.75) is 0 Å². The molecule has 2 N–H and O–H groups in total. The Morgan fingerprint density at radius 2 is 1.28 bits per heavy atom. The summed E-state index contributed by atoms with van der Waals surface area (Å²) in [6.07, 6.45) is 0. The molecule has 2 aromatic rings. The predicted octanol–water partition coefficient (Wildman–Crippen LogP) is 2.59. The number of carbonyl (C=O) groups is 1. The van der Waals surface area contributed by atoms with Crippen LogP contribution in [0.5, 0.6) is 0 Å². The molecule has 0 heterocycles. The van der Waals surface area contributed by atoms with Gasteiger partial charge in [0.15, 0.2) is 0 Å². The van der Waals surface area contributed by atoms with Gasteiger partial charge in [0.2, 0.25) is 0 Å². The second kappa shape index (κ2) is 5.68. The van der Waals surface area contributed by atoms with Gasteiger partial charge in [0.1, 0.15) is 0 Å². The Morgan fingerprint density at radius 3 is 1.83 bits per heavy atom. The molecule has 1 amide bonds. The molecule has 0 aliphatic carbocycles. The Morgan fingerprint density at radius 1 is 0.778 bits per heavy atom. The number of nitrogens with one attached hydrogen (secondary N) is 2. The SMILES string of the molecule is C=C(NNC(=O)c1ccccc1)c1ccccc1. The lowest BCUT2D eigenvalue weighted by atomic mass is 10.2. The molecule has 18 heavy (non-hydrogen) atoms. The first-order valence-electron chi connectivity index (χ1n) is 5.63. The lowest BCUT2D eigenvalue weighted by molar-refractivity contribution is 0.0942. The number of hydrogen-bond acceptors (Lipinski definition) is 2. The van der Waals surface area contributed by atoms with Crippen molar-refractivity contribution in [3.8, 4) is 0 Å². The van der Waals surface area contributed by atoms with Gasteiger partial charge in [0, 0.05) is 5.56 Å². The largest absolute Gasteiger partial charge is 0.298 e. The highest BCUT2D eigenvalue weighted by Crippen LogP contribution is 2.07. The van der Waals surface area contributed by atoms with Crippen molar-refractivity contribution in [1.82, 2.24) is 10.9 Å². The zero-order chi connectivity index (χ0) is 12.8. The van der Waals surface area contributed by atoms with Crippen LogP contribution in [0, 0.1) is 0 Å². The summed E-state index contributed by atoms with van der Waals surface area (Å²) in [5.74, 6) is -0.187. The maximum atomic E-state index is 11.8. The molecule has 0 aliphatic rings. The fraction of sp³-hybridized carbons (Fsp3) is 0. The summed E-state index contributed by atoms with van der Waals surface area (Å²) in [5.41, 5.74) is 7.60. The van der Waals surface area contributed by atoms with Gasteiger partial charge in [-0.1, -0.05) is 55.1 Å². The molecule has 2 aromatic carbocycles. The van der Waals surface area contributed by atoms with Crippen LogP contribution < -0.4 is 10.9 Å². The minimum Gasteiger partial charge on any atom is -0.298 e. The third-order valence-electron chi connectivity index (χ3n) is 2.49. The minimum atomic E-state index is -0.187. The molecule has 0 spiro atoms. The van der Waals surface area contributed by atoms with E-state index in [0.29, 0.717) is 11.3 Å². The van der Waals surface area contributed by atoms with E-state index < -0.39 is 0 Å². The molecule has 0 fully saturated rings. The van der Waals surface area contributed by atoms with Crippen molar-refractivity contribution in [2.75, 3.05) is 0 Å². The predicted molar refractivity (Wildman–Crippen MR) is 72.5 cm³/mol. The first-order valence-corrected chi connectivity index (χ1v) is 5.63. The number of rotatable bonds is 4. The van der Waals surface area contributed by atoms with E-state index in [1.165, 1.54) is 0 Å². The van der Waals surface area contributed by atoms with Crippen molar-refractivity contribution in [3.05, 3.63) is 78.4 Å². The summed E-state index contributed by atoms with van der Waals surface area (Å²) in [6.45, 7) is 3.86. The van der Waals surface area contributed by atoms with Gasteiger partial charge < -0.3 is 0 Å². The van der Waals surface area contributed by atoms with E-state index in [4.69, 9.17) is 0 Å². The van der Waals surface area contributed by atoms with Crippen molar-refractivity contribution in [1.29, 1.82) is 0 Å². The van der Waals surface area contributed by atoms with Gasteiger partial charge >= 0.3 is 0 Å². The van der Waals surface area contributed by atoms with E-state index in [1.807, 2.05) is 48.5 Å². The first-order chi connectivity index (χ1) is 8.77. The number of benzene rings is 2. The highest BCUT2D eigenvalue weighted by atomic mass is 16.2. The zero-order valence-electron chi connectivity index (χ0n) is 9.89. The average molecular weight is 238 g/mol. The highest BCUT2D eigenvalue weighted by Gasteiger charge is 2.04. The van der Waals surface area contributed by atoms with Crippen LogP contribution in [0.1, 0.15) is 15.9 Å². The van der Waals surface area contributed by atoms with Gasteiger partial charge in [-0.2, -0.15) is 0 Å². The number of hydrogen-bond donors (Lipinski definition) is 2. The van der Waals surface area contributed by atoms with Crippen molar-refractivity contribution >= 4 is 11.6 Å². The maximum absolute atomic E-state index is 11.8. The van der Waals surface area contributed by atoms with Crippen molar-refractivity contribution in [2.24, 2.45) is 0 Å². The second-order valence-corrected chi connectivity index (χ2v) is 3.79. The van der Waals surface area contributed by atoms with Crippen LogP contribution >= 0.6 is 0 Å². The van der Waals surface area contributed by atoms with Gasteiger partial charge in [-0.3, -0.25) is 15.6 Å². The van der Waals surface area contributed by atoms with E-state index >= 15 is 0 Å². The van der Waals surface area contributed by atoms with Gasteiger partial charge in [0.25, 0.3) is 5.91 Å². The summed E-state index contributed by atoms with van der Waals surface area (Å²) >= 11 is 0. The standard InChI is InChI=1S/C15H14N2O/c1-12(13-8-4-2-5-9-13)16-17-15(18)14-10-6-3-7-11-14/h2-11,16H,1H2,(H,17,18). The van der Waals surface area contributed by atoms with Crippen LogP contribution in [0.2, 0.25) is 0 Å².